The quantitative estimate of drug-likeness (QED) is 0.579. The van der Waals surface area contributed by atoms with E-state index in [0.717, 1.165) is 28.6 Å². The third kappa shape index (κ3) is 4.74. The second-order valence-corrected chi connectivity index (χ2v) is 7.81. The Kier molecular flexibility index (Phi) is 6.02. The lowest BCUT2D eigenvalue weighted by Crippen LogP contribution is -2.40. The van der Waals surface area contributed by atoms with Crippen LogP contribution in [-0.2, 0) is 29.6 Å². The zero-order valence-electron chi connectivity index (χ0n) is 11.8. The molecule has 0 atom stereocenters. The Morgan fingerprint density at radius 1 is 1.14 bits per heavy atom. The average Bonchev–Trinajstić information content (AvgIpc) is 2.42. The first-order valence-electron chi connectivity index (χ1n) is 5.99. The molecule has 0 saturated carbocycles. The number of hydrogen-bond acceptors (Lipinski definition) is 6. The summed E-state index contributed by atoms with van der Waals surface area (Å²) in [6.45, 7) is -0.511. The molecule has 0 fully saturated rings. The molecule has 0 saturated heterocycles. The van der Waals surface area contributed by atoms with E-state index in [-0.39, 0.29) is 22.9 Å². The number of ether oxygens (including phenoxy) is 1. The van der Waals surface area contributed by atoms with Gasteiger partial charge < -0.3 is 10.5 Å². The Balaban J connectivity index is 3.16. The van der Waals surface area contributed by atoms with Crippen molar-refractivity contribution < 1.29 is 26.4 Å². The smallest absolute Gasteiger partial charge is 0.243 e. The number of carbonyl (C=O) groups is 1. The maximum absolute atomic E-state index is 12.4. The van der Waals surface area contributed by atoms with Crippen molar-refractivity contribution in [2.45, 2.75) is 9.79 Å². The fourth-order valence-electron chi connectivity index (χ4n) is 1.60. The SMILES string of the molecule is COCCN(CC(N)=O)S(=O)(=O)c1ccc(S(N)(=O)=O)cc1. The number of primary amides is 1. The first-order valence-corrected chi connectivity index (χ1v) is 8.98. The average molecular weight is 351 g/mol. The first kappa shape index (κ1) is 18.5. The molecule has 0 spiro atoms. The van der Waals surface area contributed by atoms with Crippen molar-refractivity contribution >= 4 is 26.0 Å². The molecule has 22 heavy (non-hydrogen) atoms. The van der Waals surface area contributed by atoms with Crippen molar-refractivity contribution in [2.24, 2.45) is 10.9 Å². The molecule has 0 heterocycles. The number of methoxy groups -OCH3 is 1. The molecule has 11 heteroatoms. The van der Waals surface area contributed by atoms with Crippen molar-refractivity contribution in [3.63, 3.8) is 0 Å². The van der Waals surface area contributed by atoms with Gasteiger partial charge in [-0.3, -0.25) is 4.79 Å². The highest BCUT2D eigenvalue weighted by Crippen LogP contribution is 2.17. The molecule has 0 aliphatic carbocycles. The van der Waals surface area contributed by atoms with Gasteiger partial charge in [-0.25, -0.2) is 22.0 Å². The third-order valence-electron chi connectivity index (χ3n) is 2.67. The molecule has 0 aliphatic heterocycles. The van der Waals surface area contributed by atoms with Gasteiger partial charge in [-0.05, 0) is 24.3 Å². The first-order chi connectivity index (χ1) is 10.1. The standard InChI is InChI=1S/C11H17N3O6S2/c1-20-7-6-14(8-11(12)15)22(18,19)10-4-2-9(3-5-10)21(13,16)17/h2-5H,6-8H2,1H3,(H2,12,15)(H2,13,16,17). The monoisotopic (exact) mass is 351 g/mol. The van der Waals surface area contributed by atoms with Gasteiger partial charge in [0.05, 0.1) is 22.9 Å². The summed E-state index contributed by atoms with van der Waals surface area (Å²) in [6.07, 6.45) is 0. The van der Waals surface area contributed by atoms with Gasteiger partial charge in [0.2, 0.25) is 26.0 Å². The highest BCUT2D eigenvalue weighted by molar-refractivity contribution is 7.89. The second kappa shape index (κ2) is 7.15. The second-order valence-electron chi connectivity index (χ2n) is 4.31. The maximum Gasteiger partial charge on any atom is 0.243 e. The van der Waals surface area contributed by atoms with Gasteiger partial charge in [0, 0.05) is 13.7 Å². The number of carbonyl (C=O) groups excluding carboxylic acids is 1. The lowest BCUT2D eigenvalue weighted by Gasteiger charge is -2.20. The topological polar surface area (TPSA) is 150 Å². The van der Waals surface area contributed by atoms with Gasteiger partial charge in [-0.1, -0.05) is 0 Å². The fourth-order valence-corrected chi connectivity index (χ4v) is 3.51. The van der Waals surface area contributed by atoms with E-state index in [1.54, 1.807) is 0 Å². The van der Waals surface area contributed by atoms with E-state index in [0.29, 0.717) is 0 Å². The summed E-state index contributed by atoms with van der Waals surface area (Å²) in [5.74, 6) is -0.819. The molecule has 0 unspecified atom stereocenters. The van der Waals surface area contributed by atoms with Crippen LogP contribution < -0.4 is 10.9 Å². The summed E-state index contributed by atoms with van der Waals surface area (Å²) in [5.41, 5.74) is 5.04. The predicted molar refractivity (Wildman–Crippen MR) is 77.6 cm³/mol. The van der Waals surface area contributed by atoms with Crippen molar-refractivity contribution in [2.75, 3.05) is 26.8 Å². The Morgan fingerprint density at radius 3 is 2.05 bits per heavy atom. The highest BCUT2D eigenvalue weighted by atomic mass is 32.2. The number of hydrogen-bond donors (Lipinski definition) is 2. The maximum atomic E-state index is 12.4. The van der Waals surface area contributed by atoms with E-state index >= 15 is 0 Å². The number of nitrogens with two attached hydrogens (primary N) is 2. The van der Waals surface area contributed by atoms with Crippen LogP contribution in [0.1, 0.15) is 0 Å². The van der Waals surface area contributed by atoms with E-state index in [4.69, 9.17) is 15.6 Å². The van der Waals surface area contributed by atoms with Crippen LogP contribution in [0.15, 0.2) is 34.1 Å². The van der Waals surface area contributed by atoms with Gasteiger partial charge in [-0.15, -0.1) is 0 Å². The molecular formula is C11H17N3O6S2. The molecule has 0 aromatic heterocycles. The lowest BCUT2D eigenvalue weighted by atomic mass is 10.4. The van der Waals surface area contributed by atoms with E-state index in [2.05, 4.69) is 0 Å². The van der Waals surface area contributed by atoms with E-state index < -0.39 is 32.5 Å². The predicted octanol–water partition coefficient (Wildman–Crippen LogP) is -1.54. The van der Waals surface area contributed by atoms with Crippen LogP contribution in [0.2, 0.25) is 0 Å². The minimum Gasteiger partial charge on any atom is -0.383 e. The Bertz CT molecular complexity index is 728. The van der Waals surface area contributed by atoms with Gasteiger partial charge >= 0.3 is 0 Å². The summed E-state index contributed by atoms with van der Waals surface area (Å²) in [7, 11) is -6.55. The highest BCUT2D eigenvalue weighted by Gasteiger charge is 2.26. The van der Waals surface area contributed by atoms with Crippen molar-refractivity contribution in [3.05, 3.63) is 24.3 Å². The van der Waals surface area contributed by atoms with Crippen LogP contribution in [0.5, 0.6) is 0 Å². The van der Waals surface area contributed by atoms with E-state index in [9.17, 15) is 21.6 Å². The zero-order chi connectivity index (χ0) is 17.0. The minimum absolute atomic E-state index is 0.0707. The van der Waals surface area contributed by atoms with Crippen LogP contribution >= 0.6 is 0 Å². The van der Waals surface area contributed by atoms with Crippen LogP contribution in [0.3, 0.4) is 0 Å². The number of benzene rings is 1. The molecule has 9 nitrogen and oxygen atoms in total. The summed E-state index contributed by atoms with van der Waals surface area (Å²) in [5, 5.41) is 4.94. The van der Waals surface area contributed by atoms with Gasteiger partial charge in [0.25, 0.3) is 0 Å². The molecular weight excluding hydrogens is 334 g/mol. The molecule has 0 aliphatic rings. The number of rotatable bonds is 8. The molecule has 1 amide bonds. The van der Waals surface area contributed by atoms with E-state index in [1.807, 2.05) is 0 Å². The Hall–Kier alpha value is -1.53. The Morgan fingerprint density at radius 2 is 1.64 bits per heavy atom. The molecule has 0 radical (unpaired) electrons. The minimum atomic E-state index is -4.01. The summed E-state index contributed by atoms with van der Waals surface area (Å²) in [4.78, 5) is 10.6. The molecule has 124 valence electrons. The Labute approximate surface area is 128 Å². The van der Waals surface area contributed by atoms with E-state index in [1.165, 1.54) is 7.11 Å². The number of sulfonamides is 2. The fraction of sp³-hybridized carbons (Fsp3) is 0.364. The molecule has 1 rings (SSSR count). The van der Waals surface area contributed by atoms with Crippen molar-refractivity contribution in [3.8, 4) is 0 Å². The summed E-state index contributed by atoms with van der Waals surface area (Å²) in [6, 6.07) is 4.33. The van der Waals surface area contributed by atoms with Crippen molar-refractivity contribution in [1.82, 2.24) is 4.31 Å². The zero-order valence-corrected chi connectivity index (χ0v) is 13.4. The molecule has 0 bridgehead atoms. The third-order valence-corrected chi connectivity index (χ3v) is 5.46. The summed E-state index contributed by atoms with van der Waals surface area (Å²) >= 11 is 0. The van der Waals surface area contributed by atoms with Crippen LogP contribution in [-0.4, -0.2) is 53.9 Å². The lowest BCUT2D eigenvalue weighted by molar-refractivity contribution is -0.118. The number of amides is 1. The van der Waals surface area contributed by atoms with Crippen LogP contribution in [0, 0.1) is 0 Å². The van der Waals surface area contributed by atoms with Crippen LogP contribution in [0.25, 0.3) is 0 Å². The molecule has 4 N–H and O–H groups in total. The molecule has 1 aromatic carbocycles. The largest absolute Gasteiger partial charge is 0.383 e. The van der Waals surface area contributed by atoms with Crippen molar-refractivity contribution in [1.29, 1.82) is 0 Å². The van der Waals surface area contributed by atoms with Crippen LogP contribution in [0.4, 0.5) is 0 Å². The van der Waals surface area contributed by atoms with Gasteiger partial charge in [-0.2, -0.15) is 4.31 Å². The summed E-state index contributed by atoms with van der Waals surface area (Å²) < 4.78 is 52.8. The number of nitrogens with zero attached hydrogens (tertiary/aromatic N) is 1. The number of primary sulfonamides is 1. The van der Waals surface area contributed by atoms with Gasteiger partial charge in [0.1, 0.15) is 0 Å². The molecule has 1 aromatic rings. The van der Waals surface area contributed by atoms with Gasteiger partial charge in [0.15, 0.2) is 0 Å². The normalized spacial score (nSPS) is 12.5.